The van der Waals surface area contributed by atoms with Gasteiger partial charge in [0, 0.05) is 28.6 Å². The Balaban J connectivity index is 1.76. The van der Waals surface area contributed by atoms with E-state index >= 15 is 0 Å². The van der Waals surface area contributed by atoms with Gasteiger partial charge in [0.2, 0.25) is 0 Å². The Labute approximate surface area is 159 Å². The van der Waals surface area contributed by atoms with Crippen LogP contribution in [0.15, 0.2) is 69.8 Å². The number of benzene rings is 1. The quantitative estimate of drug-likeness (QED) is 0.853. The third-order valence-electron chi connectivity index (χ3n) is 6.46. The SMILES string of the molecule is CC1=C2C[C@@]3(C)C(=C[C@@H](Sc4ccccc4)[C@H](O)[C@@H]3C)C=C2N(C)C1=O. The van der Waals surface area contributed by atoms with Crippen LogP contribution in [0, 0.1) is 11.3 Å². The van der Waals surface area contributed by atoms with Gasteiger partial charge in [-0.05, 0) is 48.6 Å². The van der Waals surface area contributed by atoms with Crippen LogP contribution in [0.25, 0.3) is 0 Å². The van der Waals surface area contributed by atoms with Crippen LogP contribution in [0.2, 0.25) is 0 Å². The number of hydrogen-bond acceptors (Lipinski definition) is 3. The van der Waals surface area contributed by atoms with E-state index in [-0.39, 0.29) is 22.5 Å². The molecule has 1 heterocycles. The molecule has 3 aliphatic rings. The lowest BCUT2D eigenvalue weighted by molar-refractivity contribution is -0.123. The van der Waals surface area contributed by atoms with Gasteiger partial charge in [-0.3, -0.25) is 4.79 Å². The molecule has 1 amide bonds. The third kappa shape index (κ3) is 2.50. The molecule has 1 aromatic carbocycles. The Morgan fingerprint density at radius 1 is 1.27 bits per heavy atom. The van der Waals surface area contributed by atoms with Crippen LogP contribution in [0.3, 0.4) is 0 Å². The van der Waals surface area contributed by atoms with E-state index in [1.54, 1.807) is 16.7 Å². The number of nitrogens with zero attached hydrogens (tertiary/aromatic N) is 1. The van der Waals surface area contributed by atoms with E-state index in [2.05, 4.69) is 38.1 Å². The predicted octanol–water partition coefficient (Wildman–Crippen LogP) is 4.17. The number of fused-ring (bicyclic) bond motifs is 2. The smallest absolute Gasteiger partial charge is 0.254 e. The van der Waals surface area contributed by atoms with Crippen molar-refractivity contribution in [1.82, 2.24) is 4.90 Å². The highest BCUT2D eigenvalue weighted by molar-refractivity contribution is 8.00. The van der Waals surface area contributed by atoms with Gasteiger partial charge < -0.3 is 10.0 Å². The molecular formula is C22H25NO2S. The average molecular weight is 368 g/mol. The Bertz CT molecular complexity index is 854. The molecule has 4 rings (SSSR count). The summed E-state index contributed by atoms with van der Waals surface area (Å²) in [6, 6.07) is 10.2. The van der Waals surface area contributed by atoms with E-state index in [9.17, 15) is 9.90 Å². The molecule has 2 aliphatic carbocycles. The van der Waals surface area contributed by atoms with Gasteiger partial charge in [0.25, 0.3) is 5.91 Å². The fraction of sp³-hybridized carbons (Fsp3) is 0.409. The first kappa shape index (κ1) is 17.6. The molecule has 1 N–H and O–H groups in total. The molecule has 4 atom stereocenters. The fourth-order valence-electron chi connectivity index (χ4n) is 4.43. The molecule has 0 saturated heterocycles. The third-order valence-corrected chi connectivity index (χ3v) is 7.69. The maximum Gasteiger partial charge on any atom is 0.254 e. The maximum absolute atomic E-state index is 12.4. The Kier molecular flexibility index (Phi) is 4.16. The molecule has 0 radical (unpaired) electrons. The topological polar surface area (TPSA) is 40.5 Å². The second-order valence-corrected chi connectivity index (χ2v) is 9.14. The van der Waals surface area contributed by atoms with E-state index in [0.29, 0.717) is 0 Å². The van der Waals surface area contributed by atoms with Crippen LogP contribution in [0.1, 0.15) is 27.2 Å². The van der Waals surface area contributed by atoms with E-state index in [1.165, 1.54) is 5.57 Å². The molecule has 136 valence electrons. The zero-order valence-electron chi connectivity index (χ0n) is 15.7. The molecule has 0 bridgehead atoms. The van der Waals surface area contributed by atoms with Gasteiger partial charge >= 0.3 is 0 Å². The number of likely N-dealkylation sites (N-methyl/N-ethyl adjacent to an activating group) is 1. The maximum atomic E-state index is 12.4. The van der Waals surface area contributed by atoms with Crippen molar-refractivity contribution in [2.45, 2.75) is 43.4 Å². The zero-order chi connectivity index (χ0) is 18.6. The van der Waals surface area contributed by atoms with E-state index < -0.39 is 6.10 Å². The van der Waals surface area contributed by atoms with Gasteiger partial charge in [0.1, 0.15) is 0 Å². The molecule has 1 aromatic rings. The van der Waals surface area contributed by atoms with Gasteiger partial charge in [-0.2, -0.15) is 0 Å². The van der Waals surface area contributed by atoms with Gasteiger partial charge in [0.15, 0.2) is 0 Å². The van der Waals surface area contributed by atoms with Crippen LogP contribution in [0.4, 0.5) is 0 Å². The molecule has 0 unspecified atom stereocenters. The summed E-state index contributed by atoms with van der Waals surface area (Å²) >= 11 is 1.71. The monoisotopic (exact) mass is 367 g/mol. The van der Waals surface area contributed by atoms with Gasteiger partial charge in [-0.1, -0.05) is 38.1 Å². The lowest BCUT2D eigenvalue weighted by Gasteiger charge is -2.48. The Hall–Kier alpha value is -1.78. The Morgan fingerprint density at radius 2 is 1.96 bits per heavy atom. The molecule has 0 saturated carbocycles. The number of thioether (sulfide) groups is 1. The first-order chi connectivity index (χ1) is 12.3. The summed E-state index contributed by atoms with van der Waals surface area (Å²) in [5.41, 5.74) is 4.13. The fourth-order valence-corrected chi connectivity index (χ4v) is 5.65. The number of aliphatic hydroxyl groups is 1. The van der Waals surface area contributed by atoms with E-state index in [1.807, 2.05) is 32.2 Å². The number of carbonyl (C=O) groups excluding carboxylic acids is 1. The second-order valence-electron chi connectivity index (χ2n) is 7.89. The molecule has 1 aliphatic heterocycles. The van der Waals surface area contributed by atoms with Gasteiger partial charge in [0.05, 0.1) is 11.4 Å². The first-order valence-electron chi connectivity index (χ1n) is 9.15. The Morgan fingerprint density at radius 3 is 2.65 bits per heavy atom. The summed E-state index contributed by atoms with van der Waals surface area (Å²) in [4.78, 5) is 15.3. The summed E-state index contributed by atoms with van der Waals surface area (Å²) in [5, 5.41) is 11.0. The second kappa shape index (κ2) is 6.14. The van der Waals surface area contributed by atoms with Crippen LogP contribution >= 0.6 is 11.8 Å². The highest BCUT2D eigenvalue weighted by atomic mass is 32.2. The van der Waals surface area contributed by atoms with Crippen molar-refractivity contribution in [2.24, 2.45) is 11.3 Å². The van der Waals surface area contributed by atoms with Crippen LogP contribution in [-0.4, -0.2) is 34.3 Å². The summed E-state index contributed by atoms with van der Waals surface area (Å²) in [6.45, 7) is 6.29. The standard InChI is InChI=1S/C22H25NO2S/c1-13-17-12-22(3)14(2)20(24)19(26-16-8-6-5-7-9-16)11-15(22)10-18(17)23(4)21(13)25/h5-11,14,19-20,24H,12H2,1-4H3/t14-,19+,20+,22+/m0/s1. The molecule has 0 spiro atoms. The number of aliphatic hydroxyl groups excluding tert-OH is 1. The summed E-state index contributed by atoms with van der Waals surface area (Å²) < 4.78 is 0. The van der Waals surface area contributed by atoms with Crippen molar-refractivity contribution in [3.8, 4) is 0 Å². The predicted molar refractivity (Wildman–Crippen MR) is 106 cm³/mol. The van der Waals surface area contributed by atoms with Gasteiger partial charge in [-0.25, -0.2) is 0 Å². The highest BCUT2D eigenvalue weighted by Crippen LogP contribution is 2.55. The number of rotatable bonds is 2. The van der Waals surface area contributed by atoms with Crippen molar-refractivity contribution < 1.29 is 9.90 Å². The summed E-state index contributed by atoms with van der Waals surface area (Å²) in [6.07, 6.45) is 4.79. The molecular weight excluding hydrogens is 342 g/mol. The molecule has 0 fully saturated rings. The molecule has 3 nitrogen and oxygen atoms in total. The van der Waals surface area contributed by atoms with Crippen molar-refractivity contribution in [3.05, 3.63) is 64.9 Å². The zero-order valence-corrected chi connectivity index (χ0v) is 16.5. The van der Waals surface area contributed by atoms with Crippen molar-refractivity contribution in [3.63, 3.8) is 0 Å². The normalized spacial score (nSPS) is 33.7. The number of carbonyl (C=O) groups is 1. The van der Waals surface area contributed by atoms with Crippen LogP contribution < -0.4 is 0 Å². The highest BCUT2D eigenvalue weighted by Gasteiger charge is 2.49. The van der Waals surface area contributed by atoms with Crippen molar-refractivity contribution in [1.29, 1.82) is 0 Å². The summed E-state index contributed by atoms with van der Waals surface area (Å²) in [7, 11) is 1.85. The number of amides is 1. The van der Waals surface area contributed by atoms with Crippen LogP contribution in [-0.2, 0) is 4.79 Å². The van der Waals surface area contributed by atoms with Crippen molar-refractivity contribution in [2.75, 3.05) is 7.05 Å². The minimum Gasteiger partial charge on any atom is -0.391 e. The minimum absolute atomic E-state index is 0.0152. The lowest BCUT2D eigenvalue weighted by atomic mass is 9.60. The minimum atomic E-state index is -0.417. The van der Waals surface area contributed by atoms with Crippen molar-refractivity contribution >= 4 is 17.7 Å². The average Bonchev–Trinajstić information content (AvgIpc) is 2.84. The molecule has 26 heavy (non-hydrogen) atoms. The lowest BCUT2D eigenvalue weighted by Crippen LogP contribution is -2.46. The molecule has 0 aromatic heterocycles. The summed E-state index contributed by atoms with van der Waals surface area (Å²) in [5.74, 6) is 0.209. The first-order valence-corrected chi connectivity index (χ1v) is 10.0. The van der Waals surface area contributed by atoms with Crippen LogP contribution in [0.5, 0.6) is 0 Å². The van der Waals surface area contributed by atoms with E-state index in [0.717, 1.165) is 28.2 Å². The number of hydrogen-bond donors (Lipinski definition) is 1. The van der Waals surface area contributed by atoms with Gasteiger partial charge in [-0.15, -0.1) is 11.8 Å². The molecule has 4 heteroatoms. The van der Waals surface area contributed by atoms with E-state index in [4.69, 9.17) is 0 Å². The largest absolute Gasteiger partial charge is 0.391 e. The number of allylic oxidation sites excluding steroid dienone is 3.